The smallest absolute Gasteiger partial charge is 0.306 e. The van der Waals surface area contributed by atoms with E-state index in [-0.39, 0.29) is 32.2 Å². The Labute approximate surface area is 485 Å². The van der Waals surface area contributed by atoms with Crippen LogP contribution in [0.15, 0.2) is 0 Å². The Kier molecular flexibility index (Phi) is 60.0. The van der Waals surface area contributed by atoms with Gasteiger partial charge in [0, 0.05) is 12.8 Å². The third kappa shape index (κ3) is 61.9. The van der Waals surface area contributed by atoms with Crippen LogP contribution in [0.3, 0.4) is 0 Å². The number of ether oxygens (including phenoxy) is 4. The fraction of sp³-hybridized carbons (Fsp3) is 0.957. The molecule has 0 aromatic heterocycles. The van der Waals surface area contributed by atoms with Crippen molar-refractivity contribution < 1.29 is 42.9 Å². The number of esters is 2. The maximum Gasteiger partial charge on any atom is 0.306 e. The highest BCUT2D eigenvalue weighted by molar-refractivity contribution is 5.70. The number of carboxylic acids is 1. The summed E-state index contributed by atoms with van der Waals surface area (Å²) in [5.74, 6) is -2.25. The highest BCUT2D eigenvalue weighted by atomic mass is 16.7. The molecule has 0 radical (unpaired) electrons. The average Bonchev–Trinajstić information content (AvgIpc) is 3.41. The van der Waals surface area contributed by atoms with Gasteiger partial charge in [-0.05, 0) is 12.8 Å². The summed E-state index contributed by atoms with van der Waals surface area (Å²) in [6.45, 7) is 4.83. The summed E-state index contributed by atoms with van der Waals surface area (Å²) in [7, 11) is 5.94. The molecular weight excluding hydrogens is 971 g/mol. The molecule has 0 saturated carbocycles. The van der Waals surface area contributed by atoms with Crippen LogP contribution in [0, 0.1) is 0 Å². The first-order valence-electron chi connectivity index (χ1n) is 34.7. The molecule has 0 fully saturated rings. The lowest BCUT2D eigenvalue weighted by Crippen LogP contribution is -2.44. The highest BCUT2D eigenvalue weighted by Crippen LogP contribution is 2.19. The lowest BCUT2D eigenvalue weighted by molar-refractivity contribution is -0.870. The van der Waals surface area contributed by atoms with E-state index in [1.165, 1.54) is 302 Å². The van der Waals surface area contributed by atoms with Gasteiger partial charge in [-0.25, -0.2) is 0 Å². The van der Waals surface area contributed by atoms with Gasteiger partial charge in [0.05, 0.1) is 40.3 Å². The van der Waals surface area contributed by atoms with Crippen molar-refractivity contribution in [1.82, 2.24) is 0 Å². The zero-order valence-corrected chi connectivity index (χ0v) is 53.1. The van der Waals surface area contributed by atoms with Crippen LogP contribution in [-0.2, 0) is 33.3 Å². The third-order valence-corrected chi connectivity index (χ3v) is 16.1. The fourth-order valence-electron chi connectivity index (χ4n) is 10.8. The van der Waals surface area contributed by atoms with Crippen LogP contribution in [-0.4, -0.2) is 82.3 Å². The molecule has 0 heterocycles. The maximum absolute atomic E-state index is 12.9. The van der Waals surface area contributed by atoms with Crippen molar-refractivity contribution in [2.75, 3.05) is 47.5 Å². The Hall–Kier alpha value is -1.71. The van der Waals surface area contributed by atoms with Crippen molar-refractivity contribution in [3.8, 4) is 0 Å². The number of carbonyl (C=O) groups excluding carboxylic acids is 3. The Bertz CT molecular complexity index is 1240. The lowest BCUT2D eigenvalue weighted by Gasteiger charge is -2.26. The minimum Gasteiger partial charge on any atom is -0.545 e. The molecule has 0 amide bonds. The summed E-state index contributed by atoms with van der Waals surface area (Å²) in [5.41, 5.74) is 0. The quantitative estimate of drug-likeness (QED) is 0.0256. The van der Waals surface area contributed by atoms with E-state index in [0.29, 0.717) is 17.4 Å². The lowest BCUT2D eigenvalue weighted by atomic mass is 10.0. The van der Waals surface area contributed by atoms with E-state index in [1.54, 1.807) is 0 Å². The van der Waals surface area contributed by atoms with Crippen LogP contribution in [0.2, 0.25) is 0 Å². The Morgan fingerprint density at radius 3 is 0.821 bits per heavy atom. The topological polar surface area (TPSA) is 111 Å². The van der Waals surface area contributed by atoms with Crippen molar-refractivity contribution in [3.63, 3.8) is 0 Å². The number of rotatable bonds is 66. The maximum atomic E-state index is 12.9. The molecule has 2 atom stereocenters. The van der Waals surface area contributed by atoms with Crippen molar-refractivity contribution in [2.24, 2.45) is 0 Å². The largest absolute Gasteiger partial charge is 0.545 e. The molecule has 0 saturated heterocycles. The summed E-state index contributed by atoms with van der Waals surface area (Å²) in [5, 5.41) is 11.8. The number of carboxylic acid groups (broad SMARTS) is 1. The van der Waals surface area contributed by atoms with Gasteiger partial charge < -0.3 is 33.3 Å². The molecular formula is C69H135NO8. The number of quaternary nitrogens is 1. The predicted molar refractivity (Wildman–Crippen MR) is 330 cm³/mol. The highest BCUT2D eigenvalue weighted by Gasteiger charge is 2.22. The first-order chi connectivity index (χ1) is 38.1. The van der Waals surface area contributed by atoms with Crippen molar-refractivity contribution in [3.05, 3.63) is 0 Å². The number of nitrogens with zero attached hydrogens (tertiary/aromatic N) is 1. The van der Waals surface area contributed by atoms with Crippen LogP contribution in [0.1, 0.15) is 367 Å². The van der Waals surface area contributed by atoms with E-state index < -0.39 is 24.3 Å². The number of likely N-dealkylation sites (N-methyl/N-ethyl adjacent to an activating group) is 1. The minimum absolute atomic E-state index is 0.153. The van der Waals surface area contributed by atoms with Gasteiger partial charge in [0.25, 0.3) is 0 Å². The summed E-state index contributed by atoms with van der Waals surface area (Å²) >= 11 is 0. The predicted octanol–water partition coefficient (Wildman–Crippen LogP) is 19.8. The number of hydrogen-bond donors (Lipinski definition) is 0. The van der Waals surface area contributed by atoms with Crippen LogP contribution in [0.4, 0.5) is 0 Å². The monoisotopic (exact) mass is 1110 g/mol. The third-order valence-electron chi connectivity index (χ3n) is 16.1. The second-order valence-corrected chi connectivity index (χ2v) is 25.2. The average molecular weight is 1110 g/mol. The van der Waals surface area contributed by atoms with Gasteiger partial charge >= 0.3 is 11.9 Å². The van der Waals surface area contributed by atoms with Gasteiger partial charge in [0.15, 0.2) is 12.4 Å². The van der Waals surface area contributed by atoms with Crippen LogP contribution in [0.5, 0.6) is 0 Å². The molecule has 0 aliphatic rings. The number of carbonyl (C=O) groups is 3. The molecule has 9 nitrogen and oxygen atoms in total. The first-order valence-corrected chi connectivity index (χ1v) is 34.7. The van der Waals surface area contributed by atoms with Gasteiger partial charge in [0.1, 0.15) is 13.2 Å². The Morgan fingerprint density at radius 2 is 0.577 bits per heavy atom. The summed E-state index contributed by atoms with van der Waals surface area (Å²) in [6.07, 6.45) is 69.2. The number of hydrogen-bond acceptors (Lipinski definition) is 8. The summed E-state index contributed by atoms with van der Waals surface area (Å²) < 4.78 is 22.8. The van der Waals surface area contributed by atoms with Crippen LogP contribution < -0.4 is 5.11 Å². The van der Waals surface area contributed by atoms with E-state index in [1.807, 2.05) is 21.1 Å². The molecule has 78 heavy (non-hydrogen) atoms. The van der Waals surface area contributed by atoms with Crippen LogP contribution in [0.25, 0.3) is 0 Å². The molecule has 0 rings (SSSR count). The van der Waals surface area contributed by atoms with E-state index in [9.17, 15) is 19.5 Å². The molecule has 2 unspecified atom stereocenters. The molecule has 464 valence electrons. The molecule has 0 aliphatic heterocycles. The van der Waals surface area contributed by atoms with Crippen molar-refractivity contribution in [2.45, 2.75) is 379 Å². The summed E-state index contributed by atoms with van der Waals surface area (Å²) in [4.78, 5) is 37.4. The van der Waals surface area contributed by atoms with Crippen LogP contribution >= 0.6 is 0 Å². The summed E-state index contributed by atoms with van der Waals surface area (Å²) in [6, 6.07) is 0. The second-order valence-electron chi connectivity index (χ2n) is 25.2. The van der Waals surface area contributed by atoms with Gasteiger partial charge in [-0.1, -0.05) is 341 Å². The van der Waals surface area contributed by atoms with E-state index >= 15 is 0 Å². The SMILES string of the molecule is CCCCCCCCCCCCCCCCCCCCCCCCCCCCCCCCCCCCCCCC(=O)OC(COC(=O)CCCCCCCCCCCCCCCCCC)COC(OCC[N+](C)(C)C)C(=O)[O-]. The minimum atomic E-state index is -1.61. The van der Waals surface area contributed by atoms with Crippen molar-refractivity contribution >= 4 is 17.9 Å². The Balaban J connectivity index is 3.93. The fourth-order valence-corrected chi connectivity index (χ4v) is 10.8. The van der Waals surface area contributed by atoms with Crippen molar-refractivity contribution in [1.29, 1.82) is 0 Å². The van der Waals surface area contributed by atoms with Gasteiger partial charge in [0.2, 0.25) is 0 Å². The van der Waals surface area contributed by atoms with E-state index in [4.69, 9.17) is 18.9 Å². The molecule has 0 N–H and O–H groups in total. The van der Waals surface area contributed by atoms with Gasteiger partial charge in [-0.3, -0.25) is 9.59 Å². The zero-order valence-electron chi connectivity index (χ0n) is 53.1. The molecule has 0 aromatic rings. The molecule has 0 bridgehead atoms. The zero-order chi connectivity index (χ0) is 56.9. The van der Waals surface area contributed by atoms with Gasteiger partial charge in [-0.2, -0.15) is 0 Å². The molecule has 0 aromatic carbocycles. The number of unbranched alkanes of at least 4 members (excludes halogenated alkanes) is 51. The standard InChI is InChI=1S/C69H135NO8/c1-6-8-10-12-14-16-18-20-22-24-25-26-27-28-29-30-31-32-33-34-35-36-37-38-39-40-41-42-43-44-46-48-50-52-54-56-58-60-67(72)78-65(64-77-69(68(73)74)75-62-61-70(3,4)5)63-76-66(71)59-57-55-53-51-49-47-45-23-21-19-17-15-13-11-9-7-2/h65,69H,6-64H2,1-5H3. The van der Waals surface area contributed by atoms with E-state index in [2.05, 4.69) is 13.8 Å². The van der Waals surface area contributed by atoms with Gasteiger partial charge in [-0.15, -0.1) is 0 Å². The second kappa shape index (κ2) is 61.4. The first kappa shape index (κ1) is 76.3. The molecule has 0 spiro atoms. The molecule has 0 aliphatic carbocycles. The Morgan fingerprint density at radius 1 is 0.333 bits per heavy atom. The normalized spacial score (nSPS) is 12.6. The van der Waals surface area contributed by atoms with E-state index in [0.717, 1.165) is 38.5 Å². The molecule has 9 heteroatoms. The number of aliphatic carboxylic acids is 1.